The summed E-state index contributed by atoms with van der Waals surface area (Å²) in [5.74, 6) is -1.00. The molecule has 1 atom stereocenters. The zero-order valence-corrected chi connectivity index (χ0v) is 50.1. The van der Waals surface area contributed by atoms with Gasteiger partial charge in [0, 0.05) is 19.3 Å². The zero-order valence-electron chi connectivity index (χ0n) is 50.1. The van der Waals surface area contributed by atoms with Crippen LogP contribution in [0.5, 0.6) is 0 Å². The van der Waals surface area contributed by atoms with Crippen LogP contribution in [0.2, 0.25) is 0 Å². The van der Waals surface area contributed by atoms with Crippen molar-refractivity contribution in [2.75, 3.05) is 13.2 Å². The number of hydrogen-bond donors (Lipinski definition) is 0. The molecule has 0 bridgehead atoms. The number of esters is 3. The molecule has 0 aliphatic carbocycles. The molecule has 6 nitrogen and oxygen atoms in total. The highest BCUT2D eigenvalue weighted by molar-refractivity contribution is 5.71. The predicted molar refractivity (Wildman–Crippen MR) is 338 cm³/mol. The van der Waals surface area contributed by atoms with E-state index in [2.05, 4.69) is 179 Å². The molecule has 0 aliphatic heterocycles. The van der Waals surface area contributed by atoms with E-state index in [-0.39, 0.29) is 37.5 Å². The van der Waals surface area contributed by atoms with Gasteiger partial charge in [-0.25, -0.2) is 0 Å². The number of carbonyl (C=O) groups excluding carboxylic acids is 3. The normalized spacial score (nSPS) is 13.2. The van der Waals surface area contributed by atoms with Crippen molar-refractivity contribution < 1.29 is 28.6 Å². The van der Waals surface area contributed by atoms with Crippen molar-refractivity contribution in [1.82, 2.24) is 0 Å². The van der Waals surface area contributed by atoms with Crippen LogP contribution in [0.4, 0.5) is 0 Å². The third kappa shape index (κ3) is 61.9. The molecule has 0 fully saturated rings. The minimum atomic E-state index is -0.821. The number of allylic oxidation sites excluding steroid dienone is 26. The van der Waals surface area contributed by atoms with Crippen molar-refractivity contribution in [2.45, 2.75) is 264 Å². The summed E-state index contributed by atoms with van der Waals surface area (Å²) in [5.41, 5.74) is 0. The van der Waals surface area contributed by atoms with Crippen LogP contribution in [-0.4, -0.2) is 37.2 Å². The van der Waals surface area contributed by atoms with E-state index in [1.54, 1.807) is 0 Å². The van der Waals surface area contributed by atoms with E-state index in [0.717, 1.165) is 154 Å². The Kier molecular flexibility index (Phi) is 60.4. The predicted octanol–water partition coefficient (Wildman–Crippen LogP) is 21.7. The molecule has 0 radical (unpaired) electrons. The Hall–Kier alpha value is -4.97. The highest BCUT2D eigenvalue weighted by atomic mass is 16.6. The van der Waals surface area contributed by atoms with Crippen molar-refractivity contribution in [3.05, 3.63) is 158 Å². The fourth-order valence-corrected chi connectivity index (χ4v) is 8.10. The maximum Gasteiger partial charge on any atom is 0.306 e. The lowest BCUT2D eigenvalue weighted by molar-refractivity contribution is -0.167. The molecule has 0 aromatic carbocycles. The summed E-state index contributed by atoms with van der Waals surface area (Å²) in [6.45, 7) is 6.34. The van der Waals surface area contributed by atoms with Crippen LogP contribution in [0.1, 0.15) is 258 Å². The van der Waals surface area contributed by atoms with Gasteiger partial charge in [-0.3, -0.25) is 14.4 Å². The molecule has 0 aromatic rings. The first-order valence-corrected chi connectivity index (χ1v) is 31.5. The fraction of sp³-hybridized carbons (Fsp3) is 0.597. The topological polar surface area (TPSA) is 78.9 Å². The Bertz CT molecular complexity index is 1760. The molecule has 0 saturated carbocycles. The van der Waals surface area contributed by atoms with E-state index in [0.29, 0.717) is 19.3 Å². The van der Waals surface area contributed by atoms with Gasteiger partial charge in [0.25, 0.3) is 0 Å². The van der Waals surface area contributed by atoms with Crippen LogP contribution in [0, 0.1) is 0 Å². The van der Waals surface area contributed by atoms with Gasteiger partial charge >= 0.3 is 17.9 Å². The van der Waals surface area contributed by atoms with Crippen LogP contribution in [-0.2, 0) is 28.6 Å². The monoisotopic (exact) mass is 1070 g/mol. The smallest absolute Gasteiger partial charge is 0.306 e. The van der Waals surface area contributed by atoms with Crippen molar-refractivity contribution >= 4 is 17.9 Å². The van der Waals surface area contributed by atoms with Gasteiger partial charge in [-0.2, -0.15) is 0 Å². The molecule has 0 rings (SSSR count). The van der Waals surface area contributed by atoms with Crippen LogP contribution < -0.4 is 0 Å². The third-order valence-corrected chi connectivity index (χ3v) is 12.7. The fourth-order valence-electron chi connectivity index (χ4n) is 8.10. The van der Waals surface area contributed by atoms with Crippen LogP contribution in [0.25, 0.3) is 0 Å². The summed E-state index contributed by atoms with van der Waals surface area (Å²) in [7, 11) is 0. The number of hydrogen-bond acceptors (Lipinski definition) is 6. The number of carbonyl (C=O) groups is 3. The number of rotatable bonds is 55. The second-order valence-corrected chi connectivity index (χ2v) is 20.2. The lowest BCUT2D eigenvalue weighted by atomic mass is 10.1. The van der Waals surface area contributed by atoms with Crippen LogP contribution in [0.15, 0.2) is 158 Å². The van der Waals surface area contributed by atoms with Crippen molar-refractivity contribution in [1.29, 1.82) is 0 Å². The van der Waals surface area contributed by atoms with E-state index in [4.69, 9.17) is 14.2 Å². The van der Waals surface area contributed by atoms with Crippen molar-refractivity contribution in [2.24, 2.45) is 0 Å². The standard InChI is InChI=1S/C72H114O6/c1-4-7-10-13-16-19-22-25-28-30-31-32-33-34-35-36-37-38-39-40-41-42-45-47-50-53-56-59-62-65-71(74)77-68-69(67-76-70(73)64-61-58-55-52-49-46-43-27-24-21-18-15-12-9-6-3)78-72(75)66-63-60-57-54-51-48-44-29-26-23-20-17-14-11-8-5-2/h7,9-10,12,16,18-19,21,25,27-29,31-32,34-35,37-38,40-41,43-45,47,53,56,69H,4-6,8,11,13-15,17,20,22-24,26,30,33,36,39,42,46,48-52,54-55,57-68H2,1-3H3/b10-7-,12-9-,19-16-,21-18-,28-25-,32-31-,35-34-,38-37-,41-40-,43-27-,44-29-,47-45-,56-53-. The number of ether oxygens (including phenoxy) is 3. The molecular weight excluding hydrogens is 961 g/mol. The molecule has 0 aliphatic rings. The molecule has 0 heterocycles. The highest BCUT2D eigenvalue weighted by Gasteiger charge is 2.19. The maximum absolute atomic E-state index is 12.9. The molecule has 78 heavy (non-hydrogen) atoms. The molecule has 1 unspecified atom stereocenters. The highest BCUT2D eigenvalue weighted by Crippen LogP contribution is 2.14. The average molecular weight is 1080 g/mol. The molecule has 0 amide bonds. The quantitative estimate of drug-likeness (QED) is 0.0261. The Morgan fingerprint density at radius 2 is 0.513 bits per heavy atom. The van der Waals surface area contributed by atoms with Crippen molar-refractivity contribution in [3.63, 3.8) is 0 Å². The van der Waals surface area contributed by atoms with Gasteiger partial charge in [0.1, 0.15) is 13.2 Å². The van der Waals surface area contributed by atoms with E-state index in [9.17, 15) is 14.4 Å². The molecule has 0 N–H and O–H groups in total. The summed E-state index contributed by atoms with van der Waals surface area (Å²) >= 11 is 0. The first-order chi connectivity index (χ1) is 38.5. The van der Waals surface area contributed by atoms with Gasteiger partial charge in [0.05, 0.1) is 0 Å². The lowest BCUT2D eigenvalue weighted by Crippen LogP contribution is -2.30. The Balaban J connectivity index is 4.49. The van der Waals surface area contributed by atoms with Gasteiger partial charge in [-0.1, -0.05) is 256 Å². The zero-order chi connectivity index (χ0) is 56.4. The van der Waals surface area contributed by atoms with E-state index >= 15 is 0 Å². The van der Waals surface area contributed by atoms with Gasteiger partial charge in [0.15, 0.2) is 6.10 Å². The van der Waals surface area contributed by atoms with E-state index < -0.39 is 6.10 Å². The summed E-state index contributed by atoms with van der Waals surface area (Å²) in [6.07, 6.45) is 93.9. The molecule has 0 aromatic heterocycles. The van der Waals surface area contributed by atoms with E-state index in [1.165, 1.54) is 57.8 Å². The number of unbranched alkanes of at least 4 members (excludes halogenated alkanes) is 18. The third-order valence-electron chi connectivity index (χ3n) is 12.7. The van der Waals surface area contributed by atoms with Gasteiger partial charge in [0.2, 0.25) is 0 Å². The minimum Gasteiger partial charge on any atom is -0.462 e. The second kappa shape index (κ2) is 64.6. The molecule has 0 saturated heterocycles. The SMILES string of the molecule is CC/C=C\C/C=C\C/C=C\C/C=C\C/C=C\C/C=C\C/C=C\C/C=C\C/C=C\CCCC(=O)OCC(COC(=O)CCCCCCC/C=C\C/C=C\C/C=C\CC)OC(=O)CCCCCCC/C=C\CCCCCCCCC. The van der Waals surface area contributed by atoms with Gasteiger partial charge in [-0.15, -0.1) is 0 Å². The maximum atomic E-state index is 12.9. The van der Waals surface area contributed by atoms with Gasteiger partial charge in [-0.05, 0) is 141 Å². The second-order valence-electron chi connectivity index (χ2n) is 20.2. The molecule has 438 valence electrons. The average Bonchev–Trinajstić information content (AvgIpc) is 3.44. The summed E-state index contributed by atoms with van der Waals surface area (Å²) in [4.78, 5) is 38.3. The molecular formula is C72H114O6. The van der Waals surface area contributed by atoms with Crippen LogP contribution in [0.3, 0.4) is 0 Å². The first kappa shape index (κ1) is 73.0. The van der Waals surface area contributed by atoms with Crippen LogP contribution >= 0.6 is 0 Å². The Morgan fingerprint density at radius 1 is 0.269 bits per heavy atom. The van der Waals surface area contributed by atoms with Crippen molar-refractivity contribution in [3.8, 4) is 0 Å². The molecule has 0 spiro atoms. The minimum absolute atomic E-state index is 0.114. The molecule has 6 heteroatoms. The summed E-state index contributed by atoms with van der Waals surface area (Å²) in [5, 5.41) is 0. The Morgan fingerprint density at radius 3 is 0.846 bits per heavy atom. The summed E-state index contributed by atoms with van der Waals surface area (Å²) < 4.78 is 16.8. The Labute approximate surface area is 480 Å². The lowest BCUT2D eigenvalue weighted by Gasteiger charge is -2.18. The van der Waals surface area contributed by atoms with Gasteiger partial charge < -0.3 is 14.2 Å². The largest absolute Gasteiger partial charge is 0.462 e. The first-order valence-electron chi connectivity index (χ1n) is 31.5. The summed E-state index contributed by atoms with van der Waals surface area (Å²) in [6, 6.07) is 0. The van der Waals surface area contributed by atoms with E-state index in [1.807, 2.05) is 0 Å².